The van der Waals surface area contributed by atoms with Crippen molar-refractivity contribution in [2.75, 3.05) is 7.11 Å². The van der Waals surface area contributed by atoms with Crippen molar-refractivity contribution in [3.63, 3.8) is 0 Å². The van der Waals surface area contributed by atoms with E-state index in [4.69, 9.17) is 14.5 Å². The molecule has 6 heteroatoms. The Morgan fingerprint density at radius 1 is 1.52 bits per heavy atom. The van der Waals surface area contributed by atoms with Gasteiger partial charge in [0.05, 0.1) is 4.88 Å². The number of thiophene rings is 1. The van der Waals surface area contributed by atoms with Crippen LogP contribution in [0.3, 0.4) is 0 Å². The molecule has 1 saturated carbocycles. The van der Waals surface area contributed by atoms with Crippen LogP contribution in [-0.2, 0) is 10.3 Å². The van der Waals surface area contributed by atoms with Gasteiger partial charge in [0, 0.05) is 7.11 Å². The first-order chi connectivity index (χ1) is 10.2. The maximum atomic E-state index is 8.89. The number of methoxy groups -OCH3 is 1. The molecule has 2 aromatic heterocycles. The molecule has 0 bridgehead atoms. The third-order valence-electron chi connectivity index (χ3n) is 4.11. The highest BCUT2D eigenvalue weighted by atomic mass is 32.1. The van der Waals surface area contributed by atoms with Crippen molar-refractivity contribution in [3.8, 4) is 16.8 Å². The van der Waals surface area contributed by atoms with Gasteiger partial charge in [-0.1, -0.05) is 18.5 Å². The van der Waals surface area contributed by atoms with E-state index in [2.05, 4.69) is 23.1 Å². The van der Waals surface area contributed by atoms with Crippen molar-refractivity contribution < 1.29 is 9.26 Å². The van der Waals surface area contributed by atoms with Gasteiger partial charge in [-0.25, -0.2) is 0 Å². The predicted molar refractivity (Wildman–Crippen MR) is 78.6 cm³/mol. The minimum Gasteiger partial charge on any atom is -0.370 e. The molecule has 2 atom stereocenters. The molecule has 0 saturated heterocycles. The van der Waals surface area contributed by atoms with Crippen molar-refractivity contribution >= 4 is 11.3 Å². The van der Waals surface area contributed by atoms with E-state index in [9.17, 15) is 0 Å². The zero-order valence-corrected chi connectivity index (χ0v) is 12.9. The summed E-state index contributed by atoms with van der Waals surface area (Å²) >= 11 is 1.35. The molecule has 1 aliphatic rings. The second kappa shape index (κ2) is 5.58. The molecular formula is C15H17N3O2S. The lowest BCUT2D eigenvalue weighted by molar-refractivity contribution is -0.0658. The van der Waals surface area contributed by atoms with Crippen LogP contribution in [0.2, 0.25) is 0 Å². The molecule has 1 fully saturated rings. The molecule has 2 aromatic rings. The Hall–Kier alpha value is -1.71. The molecule has 0 N–H and O–H groups in total. The lowest BCUT2D eigenvalue weighted by atomic mass is 9.78. The van der Waals surface area contributed by atoms with E-state index in [1.54, 1.807) is 13.2 Å². The molecular weight excluding hydrogens is 286 g/mol. The molecule has 2 unspecified atom stereocenters. The highest BCUT2D eigenvalue weighted by Crippen LogP contribution is 2.42. The molecule has 0 spiro atoms. The smallest absolute Gasteiger partial charge is 0.268 e. The van der Waals surface area contributed by atoms with Gasteiger partial charge in [0.1, 0.15) is 16.5 Å². The summed E-state index contributed by atoms with van der Waals surface area (Å²) in [6.45, 7) is 2.23. The molecule has 0 radical (unpaired) electrons. The van der Waals surface area contributed by atoms with Gasteiger partial charge in [-0.05, 0) is 37.3 Å². The molecule has 1 aliphatic carbocycles. The first-order valence-electron chi connectivity index (χ1n) is 7.06. The van der Waals surface area contributed by atoms with Gasteiger partial charge in [-0.15, -0.1) is 11.3 Å². The molecule has 110 valence electrons. The van der Waals surface area contributed by atoms with E-state index >= 15 is 0 Å². The predicted octanol–water partition coefficient (Wildman–Crippen LogP) is 3.72. The number of hydrogen-bond acceptors (Lipinski definition) is 6. The monoisotopic (exact) mass is 303 g/mol. The zero-order valence-electron chi connectivity index (χ0n) is 12.1. The van der Waals surface area contributed by atoms with Gasteiger partial charge in [-0.3, -0.25) is 0 Å². The van der Waals surface area contributed by atoms with E-state index < -0.39 is 5.60 Å². The number of nitrogens with zero attached hydrogens (tertiary/aromatic N) is 3. The number of aromatic nitrogens is 2. The maximum absolute atomic E-state index is 8.89. The summed E-state index contributed by atoms with van der Waals surface area (Å²) in [7, 11) is 1.72. The Morgan fingerprint density at radius 3 is 3.05 bits per heavy atom. The van der Waals surface area contributed by atoms with E-state index in [1.165, 1.54) is 17.8 Å². The molecule has 0 aromatic carbocycles. The maximum Gasteiger partial charge on any atom is 0.268 e. The van der Waals surface area contributed by atoms with Crippen LogP contribution in [0.4, 0.5) is 0 Å². The second-order valence-corrected chi connectivity index (χ2v) is 6.68. The number of ether oxygens (including phenoxy) is 1. The zero-order chi connectivity index (χ0) is 14.9. The summed E-state index contributed by atoms with van der Waals surface area (Å²) in [5.74, 6) is 1.68. The minimum atomic E-state index is -0.436. The molecule has 0 amide bonds. The Bertz CT molecular complexity index is 673. The summed E-state index contributed by atoms with van der Waals surface area (Å²) in [5.41, 5.74) is -0.436. The van der Waals surface area contributed by atoms with E-state index in [0.717, 1.165) is 24.1 Å². The van der Waals surface area contributed by atoms with Crippen LogP contribution in [0, 0.1) is 17.2 Å². The van der Waals surface area contributed by atoms with Crippen LogP contribution in [-0.4, -0.2) is 17.3 Å². The quantitative estimate of drug-likeness (QED) is 0.864. The largest absolute Gasteiger partial charge is 0.370 e. The summed E-state index contributed by atoms with van der Waals surface area (Å²) < 4.78 is 11.2. The van der Waals surface area contributed by atoms with E-state index in [0.29, 0.717) is 22.5 Å². The summed E-state index contributed by atoms with van der Waals surface area (Å²) in [6.07, 6.45) is 4.15. The molecule has 3 rings (SSSR count). The highest BCUT2D eigenvalue weighted by Gasteiger charge is 2.41. The average molecular weight is 303 g/mol. The van der Waals surface area contributed by atoms with Crippen molar-refractivity contribution in [1.82, 2.24) is 10.1 Å². The van der Waals surface area contributed by atoms with Crippen LogP contribution in [0.15, 0.2) is 16.7 Å². The van der Waals surface area contributed by atoms with Crippen molar-refractivity contribution in [1.29, 1.82) is 5.26 Å². The first kappa shape index (κ1) is 14.2. The number of nitriles is 1. The highest BCUT2D eigenvalue weighted by molar-refractivity contribution is 7.15. The topological polar surface area (TPSA) is 71.9 Å². The van der Waals surface area contributed by atoms with E-state index in [1.807, 2.05) is 6.07 Å². The second-order valence-electron chi connectivity index (χ2n) is 5.60. The van der Waals surface area contributed by atoms with Gasteiger partial charge in [-0.2, -0.15) is 10.2 Å². The lowest BCUT2D eigenvalue weighted by Gasteiger charge is -2.36. The van der Waals surface area contributed by atoms with Crippen LogP contribution >= 0.6 is 11.3 Å². The number of rotatable bonds is 3. The van der Waals surface area contributed by atoms with Crippen LogP contribution in [0.1, 0.15) is 43.3 Å². The summed E-state index contributed by atoms with van der Waals surface area (Å²) in [5, 5.41) is 13.0. The van der Waals surface area contributed by atoms with Gasteiger partial charge < -0.3 is 9.26 Å². The fourth-order valence-electron chi connectivity index (χ4n) is 3.00. The third kappa shape index (κ3) is 2.59. The average Bonchev–Trinajstić information content (AvgIpc) is 3.16. The van der Waals surface area contributed by atoms with Gasteiger partial charge in [0.2, 0.25) is 5.82 Å². The normalized spacial score (nSPS) is 25.7. The molecule has 5 nitrogen and oxygen atoms in total. The summed E-state index contributed by atoms with van der Waals surface area (Å²) in [6, 6.07) is 5.72. The lowest BCUT2D eigenvalue weighted by Crippen LogP contribution is -2.35. The Labute approximate surface area is 127 Å². The van der Waals surface area contributed by atoms with Gasteiger partial charge >= 0.3 is 0 Å². The third-order valence-corrected chi connectivity index (χ3v) is 5.08. The van der Waals surface area contributed by atoms with Crippen molar-refractivity contribution in [2.24, 2.45) is 5.92 Å². The summed E-state index contributed by atoms with van der Waals surface area (Å²) in [4.78, 5) is 5.98. The molecule has 0 aliphatic heterocycles. The minimum absolute atomic E-state index is 0.436. The van der Waals surface area contributed by atoms with Gasteiger partial charge in [0.15, 0.2) is 0 Å². The van der Waals surface area contributed by atoms with Crippen molar-refractivity contribution in [3.05, 3.63) is 22.8 Å². The fourth-order valence-corrected chi connectivity index (χ4v) is 3.73. The van der Waals surface area contributed by atoms with Gasteiger partial charge in [0.25, 0.3) is 5.89 Å². The Morgan fingerprint density at radius 2 is 2.38 bits per heavy atom. The Balaban J connectivity index is 1.91. The molecule has 2 heterocycles. The molecule has 21 heavy (non-hydrogen) atoms. The van der Waals surface area contributed by atoms with Crippen LogP contribution in [0.5, 0.6) is 0 Å². The van der Waals surface area contributed by atoms with Crippen LogP contribution < -0.4 is 0 Å². The first-order valence-corrected chi connectivity index (χ1v) is 7.88. The van der Waals surface area contributed by atoms with E-state index in [-0.39, 0.29) is 0 Å². The number of hydrogen-bond donors (Lipinski definition) is 0. The fraction of sp³-hybridized carbons (Fsp3) is 0.533. The van der Waals surface area contributed by atoms with Crippen LogP contribution in [0.25, 0.3) is 10.8 Å². The standard InChI is InChI=1S/C15H17N3O2S/c1-10-4-3-7-15(8-10,19-2)14-17-13(20-18-14)12-6-5-11(9-16)21-12/h5-6,10H,3-4,7-8H2,1-2H3. The SMILES string of the molecule is COC1(c2noc(-c3ccc(C#N)s3)n2)CCCC(C)C1. The van der Waals surface area contributed by atoms with Crippen molar-refractivity contribution in [2.45, 2.75) is 38.2 Å². The Kier molecular flexibility index (Phi) is 3.79.